The number of nitrogens with zero attached hydrogens (tertiary/aromatic N) is 3. The summed E-state index contributed by atoms with van der Waals surface area (Å²) in [5.41, 5.74) is 10.1. The van der Waals surface area contributed by atoms with Crippen molar-refractivity contribution in [2.75, 3.05) is 12.3 Å². The maximum absolute atomic E-state index is 11.6. The third kappa shape index (κ3) is 4.84. The van der Waals surface area contributed by atoms with E-state index < -0.39 is 0 Å². The van der Waals surface area contributed by atoms with Crippen LogP contribution in [0.15, 0.2) is 34.9 Å². The van der Waals surface area contributed by atoms with Gasteiger partial charge in [0, 0.05) is 30.2 Å². The van der Waals surface area contributed by atoms with Gasteiger partial charge in [0.2, 0.25) is 0 Å². The lowest BCUT2D eigenvalue weighted by atomic mass is 10.3. The van der Waals surface area contributed by atoms with E-state index >= 15 is 0 Å². The second kappa shape index (κ2) is 7.34. The Morgan fingerprint density at radius 3 is 3.00 bits per heavy atom. The van der Waals surface area contributed by atoms with E-state index in [4.69, 9.17) is 5.73 Å². The number of hydrogen-bond donors (Lipinski definition) is 3. The van der Waals surface area contributed by atoms with Crippen molar-refractivity contribution < 1.29 is 4.79 Å². The maximum atomic E-state index is 11.6. The molecular formula is C13H16N6OS. The SMILES string of the molecule is C/C(=N\NC(=O)NCCc1ccccn1)c1csc(N)n1. The quantitative estimate of drug-likeness (QED) is 0.573. The van der Waals surface area contributed by atoms with Gasteiger partial charge in [-0.05, 0) is 19.1 Å². The first-order chi connectivity index (χ1) is 10.1. The first-order valence-corrected chi connectivity index (χ1v) is 7.22. The zero-order valence-electron chi connectivity index (χ0n) is 11.5. The minimum absolute atomic E-state index is 0.367. The number of pyridine rings is 1. The van der Waals surface area contributed by atoms with Gasteiger partial charge in [-0.2, -0.15) is 5.10 Å². The monoisotopic (exact) mass is 304 g/mol. The van der Waals surface area contributed by atoms with Crippen molar-refractivity contribution in [1.82, 2.24) is 20.7 Å². The number of hydrazone groups is 1. The van der Waals surface area contributed by atoms with Crippen LogP contribution in [-0.4, -0.2) is 28.3 Å². The normalized spacial score (nSPS) is 11.2. The number of nitrogens with one attached hydrogen (secondary N) is 2. The largest absolute Gasteiger partial charge is 0.375 e. The molecule has 2 rings (SSSR count). The molecule has 0 spiro atoms. The predicted molar refractivity (Wildman–Crippen MR) is 83.2 cm³/mol. The molecule has 0 radical (unpaired) electrons. The molecule has 110 valence electrons. The molecule has 0 saturated carbocycles. The van der Waals surface area contributed by atoms with Crippen molar-refractivity contribution in [3.8, 4) is 0 Å². The Labute approximate surface area is 126 Å². The van der Waals surface area contributed by atoms with Crippen LogP contribution in [0.3, 0.4) is 0 Å². The Kier molecular flexibility index (Phi) is 5.22. The van der Waals surface area contributed by atoms with Gasteiger partial charge >= 0.3 is 6.03 Å². The van der Waals surface area contributed by atoms with Crippen LogP contribution < -0.4 is 16.5 Å². The predicted octanol–water partition coefficient (Wildman–Crippen LogP) is 1.39. The zero-order chi connectivity index (χ0) is 15.1. The number of carbonyl (C=O) groups is 1. The Morgan fingerprint density at radius 1 is 1.48 bits per heavy atom. The number of aromatic nitrogens is 2. The second-order valence-electron chi connectivity index (χ2n) is 4.21. The minimum atomic E-state index is -0.367. The first kappa shape index (κ1) is 14.9. The van der Waals surface area contributed by atoms with Crippen LogP contribution >= 0.6 is 11.3 Å². The molecule has 2 aromatic rings. The molecule has 8 heteroatoms. The number of hydrogen-bond acceptors (Lipinski definition) is 6. The summed E-state index contributed by atoms with van der Waals surface area (Å²) in [5, 5.41) is 8.92. The van der Waals surface area contributed by atoms with Gasteiger partial charge in [-0.25, -0.2) is 15.2 Å². The smallest absolute Gasteiger partial charge is 0.335 e. The van der Waals surface area contributed by atoms with E-state index in [2.05, 4.69) is 25.8 Å². The molecule has 2 aromatic heterocycles. The highest BCUT2D eigenvalue weighted by atomic mass is 32.1. The van der Waals surface area contributed by atoms with Crippen LogP contribution in [-0.2, 0) is 6.42 Å². The molecular weight excluding hydrogens is 288 g/mol. The standard InChI is InChI=1S/C13H16N6OS/c1-9(11-8-21-12(14)17-11)18-19-13(20)16-7-5-10-4-2-3-6-15-10/h2-4,6,8H,5,7H2,1H3,(H2,14,17)(H2,16,19,20)/b18-9+. The second-order valence-corrected chi connectivity index (χ2v) is 5.10. The number of nitrogen functional groups attached to an aromatic ring is 1. The van der Waals surface area contributed by atoms with Crippen LogP contribution in [0.5, 0.6) is 0 Å². The van der Waals surface area contributed by atoms with Crippen molar-refractivity contribution in [3.63, 3.8) is 0 Å². The highest BCUT2D eigenvalue weighted by Crippen LogP contribution is 2.11. The molecule has 0 atom stereocenters. The van der Waals surface area contributed by atoms with Gasteiger partial charge in [0.1, 0.15) is 0 Å². The van der Waals surface area contributed by atoms with Crippen LogP contribution in [0.25, 0.3) is 0 Å². The van der Waals surface area contributed by atoms with E-state index in [1.165, 1.54) is 11.3 Å². The number of carbonyl (C=O) groups excluding carboxylic acids is 1. The van der Waals surface area contributed by atoms with Crippen molar-refractivity contribution in [2.24, 2.45) is 5.10 Å². The fraction of sp³-hybridized carbons (Fsp3) is 0.231. The minimum Gasteiger partial charge on any atom is -0.375 e. The summed E-state index contributed by atoms with van der Waals surface area (Å²) in [6.07, 6.45) is 2.39. The Morgan fingerprint density at radius 2 is 2.33 bits per heavy atom. The third-order valence-electron chi connectivity index (χ3n) is 2.61. The van der Waals surface area contributed by atoms with E-state index in [0.29, 0.717) is 29.5 Å². The number of nitrogens with two attached hydrogens (primary N) is 1. The topological polar surface area (TPSA) is 105 Å². The first-order valence-electron chi connectivity index (χ1n) is 6.34. The van der Waals surface area contributed by atoms with E-state index in [1.807, 2.05) is 18.2 Å². The molecule has 21 heavy (non-hydrogen) atoms. The lowest BCUT2D eigenvalue weighted by Crippen LogP contribution is -2.34. The van der Waals surface area contributed by atoms with Crippen molar-refractivity contribution >= 4 is 28.2 Å². The van der Waals surface area contributed by atoms with Gasteiger partial charge in [-0.15, -0.1) is 11.3 Å². The van der Waals surface area contributed by atoms with Crippen molar-refractivity contribution in [2.45, 2.75) is 13.3 Å². The average molecular weight is 304 g/mol. The number of anilines is 1. The number of thiazole rings is 1. The molecule has 0 bridgehead atoms. The van der Waals surface area contributed by atoms with E-state index in [-0.39, 0.29) is 6.03 Å². The Hall–Kier alpha value is -2.48. The molecule has 0 aliphatic heterocycles. The summed E-state index contributed by atoms with van der Waals surface area (Å²) >= 11 is 1.33. The van der Waals surface area contributed by atoms with Crippen molar-refractivity contribution in [3.05, 3.63) is 41.2 Å². The molecule has 4 N–H and O–H groups in total. The lowest BCUT2D eigenvalue weighted by molar-refractivity contribution is 0.241. The van der Waals surface area contributed by atoms with Gasteiger partial charge in [0.05, 0.1) is 11.4 Å². The molecule has 2 heterocycles. The molecule has 7 nitrogen and oxygen atoms in total. The zero-order valence-corrected chi connectivity index (χ0v) is 12.4. The fourth-order valence-corrected chi connectivity index (χ4v) is 2.14. The van der Waals surface area contributed by atoms with Gasteiger partial charge in [0.15, 0.2) is 5.13 Å². The molecule has 0 aliphatic carbocycles. The highest BCUT2D eigenvalue weighted by molar-refractivity contribution is 7.13. The molecule has 0 aliphatic rings. The molecule has 0 unspecified atom stereocenters. The molecule has 2 amide bonds. The summed E-state index contributed by atoms with van der Waals surface area (Å²) in [4.78, 5) is 19.8. The van der Waals surface area contributed by atoms with E-state index in [0.717, 1.165) is 5.69 Å². The molecule has 0 fully saturated rings. The number of amides is 2. The third-order valence-corrected chi connectivity index (χ3v) is 3.28. The van der Waals surface area contributed by atoms with Crippen LogP contribution in [0.4, 0.5) is 9.93 Å². The van der Waals surface area contributed by atoms with Gasteiger partial charge in [-0.1, -0.05) is 6.07 Å². The van der Waals surface area contributed by atoms with Crippen LogP contribution in [0.1, 0.15) is 18.3 Å². The fourth-order valence-electron chi connectivity index (χ4n) is 1.54. The lowest BCUT2D eigenvalue weighted by Gasteiger charge is -2.04. The maximum Gasteiger partial charge on any atom is 0.335 e. The summed E-state index contributed by atoms with van der Waals surface area (Å²) in [6, 6.07) is 5.31. The Balaban J connectivity index is 1.74. The van der Waals surface area contributed by atoms with E-state index in [1.54, 1.807) is 18.5 Å². The summed E-state index contributed by atoms with van der Waals surface area (Å²) < 4.78 is 0. The molecule has 0 aromatic carbocycles. The van der Waals surface area contributed by atoms with Crippen molar-refractivity contribution in [1.29, 1.82) is 0 Å². The van der Waals surface area contributed by atoms with Crippen LogP contribution in [0, 0.1) is 0 Å². The Bertz CT molecular complexity index is 625. The van der Waals surface area contributed by atoms with E-state index in [9.17, 15) is 4.79 Å². The van der Waals surface area contributed by atoms with Gasteiger partial charge < -0.3 is 11.1 Å². The number of urea groups is 1. The summed E-state index contributed by atoms with van der Waals surface area (Å²) in [7, 11) is 0. The summed E-state index contributed by atoms with van der Waals surface area (Å²) in [6.45, 7) is 2.24. The van der Waals surface area contributed by atoms with Gasteiger partial charge in [-0.3, -0.25) is 4.98 Å². The molecule has 0 saturated heterocycles. The van der Waals surface area contributed by atoms with Gasteiger partial charge in [0.25, 0.3) is 0 Å². The average Bonchev–Trinajstić information content (AvgIpc) is 2.92. The summed E-state index contributed by atoms with van der Waals surface area (Å²) in [5.74, 6) is 0. The van der Waals surface area contributed by atoms with Crippen LogP contribution in [0.2, 0.25) is 0 Å². The highest BCUT2D eigenvalue weighted by Gasteiger charge is 2.04. The number of rotatable bonds is 5.